The van der Waals surface area contributed by atoms with E-state index in [0.717, 1.165) is 39.5 Å². The van der Waals surface area contributed by atoms with Crippen LogP contribution in [0.1, 0.15) is 49.6 Å². The van der Waals surface area contributed by atoms with E-state index in [9.17, 15) is 9.90 Å². The summed E-state index contributed by atoms with van der Waals surface area (Å²) in [6.07, 6.45) is 10.00. The summed E-state index contributed by atoms with van der Waals surface area (Å²) in [5, 5.41) is 20.0. The maximum Gasteiger partial charge on any atom is 0.314 e. The lowest BCUT2D eigenvalue weighted by Crippen LogP contribution is -2.19. The Labute approximate surface area is 196 Å². The summed E-state index contributed by atoms with van der Waals surface area (Å²) < 4.78 is 0. The van der Waals surface area contributed by atoms with Crippen molar-refractivity contribution < 1.29 is 9.90 Å². The van der Waals surface area contributed by atoms with Gasteiger partial charge in [-0.3, -0.25) is 24.8 Å². The number of carboxylic acids is 1. The molecular weight excluding hydrogens is 430 g/mol. The number of carbonyl (C=O) groups is 1. The lowest BCUT2D eigenvalue weighted by Gasteiger charge is -2.10. The van der Waals surface area contributed by atoms with Crippen molar-refractivity contribution >= 4 is 11.8 Å². The Morgan fingerprint density at radius 3 is 2.50 bits per heavy atom. The SMILES string of the molecule is CC(C)c1cncc(NCc2[nH]ncc2-c2ccc(-c3ccc(C4(C(=O)O)CC4)cn3)cn2)n1. The van der Waals surface area contributed by atoms with Gasteiger partial charge in [0.1, 0.15) is 5.82 Å². The minimum absolute atomic E-state index is 0.303. The average molecular weight is 456 g/mol. The van der Waals surface area contributed by atoms with Crippen molar-refractivity contribution in [2.75, 3.05) is 5.32 Å². The normalized spacial score (nSPS) is 14.2. The minimum Gasteiger partial charge on any atom is -0.481 e. The minimum atomic E-state index is -0.779. The molecule has 0 unspecified atom stereocenters. The largest absolute Gasteiger partial charge is 0.481 e. The highest BCUT2D eigenvalue weighted by Crippen LogP contribution is 2.48. The molecule has 172 valence electrons. The number of carboxylic acid groups (broad SMARTS) is 1. The number of nitrogens with one attached hydrogen (secondary N) is 2. The third-order valence-corrected chi connectivity index (χ3v) is 6.22. The molecule has 0 bridgehead atoms. The Balaban J connectivity index is 1.30. The molecule has 0 amide bonds. The molecule has 0 spiro atoms. The van der Waals surface area contributed by atoms with Gasteiger partial charge in [-0.25, -0.2) is 4.98 Å². The lowest BCUT2D eigenvalue weighted by molar-refractivity contribution is -0.140. The zero-order valence-electron chi connectivity index (χ0n) is 19.0. The Morgan fingerprint density at radius 2 is 1.85 bits per heavy atom. The molecular formula is C25H25N7O2. The zero-order chi connectivity index (χ0) is 23.7. The van der Waals surface area contributed by atoms with Crippen molar-refractivity contribution in [2.24, 2.45) is 0 Å². The molecule has 9 heteroatoms. The number of H-pyrrole nitrogens is 1. The van der Waals surface area contributed by atoms with Crippen LogP contribution in [0.3, 0.4) is 0 Å². The molecule has 3 N–H and O–H groups in total. The Kier molecular flexibility index (Phi) is 5.53. The van der Waals surface area contributed by atoms with E-state index < -0.39 is 11.4 Å². The third-order valence-electron chi connectivity index (χ3n) is 6.22. The number of hydrogen-bond donors (Lipinski definition) is 3. The predicted molar refractivity (Wildman–Crippen MR) is 127 cm³/mol. The number of nitrogens with zero attached hydrogens (tertiary/aromatic N) is 5. The molecule has 9 nitrogen and oxygen atoms in total. The molecule has 4 aromatic heterocycles. The summed E-state index contributed by atoms with van der Waals surface area (Å²) in [5.41, 5.74) is 5.13. The van der Waals surface area contributed by atoms with E-state index in [2.05, 4.69) is 49.3 Å². The fraction of sp³-hybridized carbons (Fsp3) is 0.280. The molecule has 4 heterocycles. The Morgan fingerprint density at radius 1 is 1.06 bits per heavy atom. The van der Waals surface area contributed by atoms with Gasteiger partial charge in [-0.2, -0.15) is 5.10 Å². The number of hydrogen-bond acceptors (Lipinski definition) is 7. The van der Waals surface area contributed by atoms with E-state index in [1.54, 1.807) is 31.0 Å². The molecule has 1 saturated carbocycles. The van der Waals surface area contributed by atoms with Crippen molar-refractivity contribution in [2.45, 2.75) is 44.6 Å². The number of aromatic nitrogens is 6. The van der Waals surface area contributed by atoms with E-state index in [0.29, 0.717) is 31.1 Å². The van der Waals surface area contributed by atoms with Crippen molar-refractivity contribution in [3.8, 4) is 22.5 Å². The summed E-state index contributed by atoms with van der Waals surface area (Å²) in [4.78, 5) is 29.5. The van der Waals surface area contributed by atoms with Gasteiger partial charge in [0.15, 0.2) is 0 Å². The number of pyridine rings is 2. The van der Waals surface area contributed by atoms with Crippen LogP contribution >= 0.6 is 0 Å². The second-order valence-corrected chi connectivity index (χ2v) is 8.85. The number of rotatable bonds is 8. The van der Waals surface area contributed by atoms with Gasteiger partial charge >= 0.3 is 5.97 Å². The van der Waals surface area contributed by atoms with Gasteiger partial charge in [-0.1, -0.05) is 19.9 Å². The second kappa shape index (κ2) is 8.66. The van der Waals surface area contributed by atoms with Gasteiger partial charge in [0.05, 0.1) is 47.1 Å². The smallest absolute Gasteiger partial charge is 0.314 e. The summed E-state index contributed by atoms with van der Waals surface area (Å²) in [6, 6.07) is 7.59. The van der Waals surface area contributed by atoms with Crippen LogP contribution in [0, 0.1) is 0 Å². The molecule has 5 rings (SSSR count). The fourth-order valence-electron chi connectivity index (χ4n) is 3.90. The fourth-order valence-corrected chi connectivity index (χ4v) is 3.90. The number of anilines is 1. The first-order chi connectivity index (χ1) is 16.5. The first-order valence-electron chi connectivity index (χ1n) is 11.2. The predicted octanol–water partition coefficient (Wildman–Crippen LogP) is 4.18. The zero-order valence-corrected chi connectivity index (χ0v) is 19.0. The highest BCUT2D eigenvalue weighted by molar-refractivity contribution is 5.85. The highest BCUT2D eigenvalue weighted by atomic mass is 16.4. The van der Waals surface area contributed by atoms with Gasteiger partial charge in [-0.15, -0.1) is 0 Å². The van der Waals surface area contributed by atoms with Crippen LogP contribution < -0.4 is 5.32 Å². The Bertz CT molecular complexity index is 1310. The van der Waals surface area contributed by atoms with Crippen LogP contribution in [0.15, 0.2) is 55.2 Å². The molecule has 0 aliphatic heterocycles. The first kappa shape index (κ1) is 21.7. The molecule has 1 aliphatic carbocycles. The third kappa shape index (κ3) is 4.12. The quantitative estimate of drug-likeness (QED) is 0.361. The summed E-state index contributed by atoms with van der Waals surface area (Å²) >= 11 is 0. The molecule has 34 heavy (non-hydrogen) atoms. The van der Waals surface area contributed by atoms with Crippen molar-refractivity contribution in [3.63, 3.8) is 0 Å². The summed E-state index contributed by atoms with van der Waals surface area (Å²) in [6.45, 7) is 4.67. The maximum absolute atomic E-state index is 11.5. The molecule has 4 aromatic rings. The summed E-state index contributed by atoms with van der Waals surface area (Å²) in [5.74, 6) is 0.232. The van der Waals surface area contributed by atoms with Crippen LogP contribution in [0.25, 0.3) is 22.5 Å². The van der Waals surface area contributed by atoms with Gasteiger partial charge < -0.3 is 10.4 Å². The van der Waals surface area contributed by atoms with Crippen LogP contribution in [0.4, 0.5) is 5.82 Å². The molecule has 0 radical (unpaired) electrons. The van der Waals surface area contributed by atoms with Crippen molar-refractivity contribution in [1.82, 2.24) is 30.1 Å². The number of aliphatic carboxylic acids is 1. The number of aromatic amines is 1. The first-order valence-corrected chi connectivity index (χ1v) is 11.2. The monoisotopic (exact) mass is 455 g/mol. The van der Waals surface area contributed by atoms with E-state index in [1.807, 2.05) is 24.3 Å². The standard InChI is InChI=1S/C25H25N7O2/c1-15(2)21-12-26-14-23(31-21)29-13-22-18(11-30-32-22)20-5-3-16(9-27-20)19-6-4-17(10-28-19)25(7-8-25)24(33)34/h3-6,9-12,14-15H,7-8,13H2,1-2H3,(H,29,31)(H,30,32)(H,33,34). The molecule has 0 saturated heterocycles. The second-order valence-electron chi connectivity index (χ2n) is 8.85. The van der Waals surface area contributed by atoms with Gasteiger partial charge in [0.2, 0.25) is 0 Å². The Hall–Kier alpha value is -4.14. The van der Waals surface area contributed by atoms with Crippen LogP contribution in [-0.4, -0.2) is 41.2 Å². The van der Waals surface area contributed by atoms with E-state index in [1.165, 1.54) is 0 Å². The maximum atomic E-state index is 11.5. The van der Waals surface area contributed by atoms with Gasteiger partial charge in [0.25, 0.3) is 0 Å². The van der Waals surface area contributed by atoms with Crippen molar-refractivity contribution in [1.29, 1.82) is 0 Å². The molecule has 0 atom stereocenters. The van der Waals surface area contributed by atoms with Crippen molar-refractivity contribution in [3.05, 3.63) is 72.2 Å². The topological polar surface area (TPSA) is 130 Å². The van der Waals surface area contributed by atoms with E-state index >= 15 is 0 Å². The molecule has 1 aliphatic rings. The molecule has 0 aromatic carbocycles. The highest BCUT2D eigenvalue weighted by Gasteiger charge is 2.51. The lowest BCUT2D eigenvalue weighted by atomic mass is 9.97. The van der Waals surface area contributed by atoms with E-state index in [-0.39, 0.29) is 0 Å². The average Bonchev–Trinajstić information content (AvgIpc) is 3.55. The van der Waals surface area contributed by atoms with E-state index in [4.69, 9.17) is 0 Å². The van der Waals surface area contributed by atoms with Gasteiger partial charge in [-0.05, 0) is 42.5 Å². The van der Waals surface area contributed by atoms with Crippen LogP contribution in [0.5, 0.6) is 0 Å². The molecule has 1 fully saturated rings. The van der Waals surface area contributed by atoms with Crippen LogP contribution in [-0.2, 0) is 16.8 Å². The summed E-state index contributed by atoms with van der Waals surface area (Å²) in [7, 11) is 0. The van der Waals surface area contributed by atoms with Crippen LogP contribution in [0.2, 0.25) is 0 Å². The van der Waals surface area contributed by atoms with Gasteiger partial charge in [0, 0.05) is 29.7 Å².